The zero-order valence-electron chi connectivity index (χ0n) is 5.27. The number of aliphatic imine (C=N–C) groups is 1. The van der Waals surface area contributed by atoms with Crippen LogP contribution in [0.2, 0.25) is 0 Å². The van der Waals surface area contributed by atoms with Crippen molar-refractivity contribution in [2.24, 2.45) is 10.9 Å². The summed E-state index contributed by atoms with van der Waals surface area (Å²) in [6.45, 7) is 3.11. The summed E-state index contributed by atoms with van der Waals surface area (Å²) in [5, 5.41) is 0. The lowest BCUT2D eigenvalue weighted by molar-refractivity contribution is 0.541. The van der Waals surface area contributed by atoms with E-state index in [4.69, 9.17) is 0 Å². The zero-order chi connectivity index (χ0) is 6.91. The molecule has 52 valence electrons. The molecule has 0 aliphatic carbocycles. The Morgan fingerprint density at radius 1 is 1.67 bits per heavy atom. The van der Waals surface area contributed by atoms with Gasteiger partial charge >= 0.3 is 0 Å². The highest BCUT2D eigenvalue weighted by molar-refractivity contribution is 9.25. The highest BCUT2D eigenvalue weighted by atomic mass is 79.9. The monoisotopic (exact) mass is 253 g/mol. The third-order valence-electron chi connectivity index (χ3n) is 1.59. The summed E-state index contributed by atoms with van der Waals surface area (Å²) in [6, 6.07) is 0. The molecule has 0 unspecified atom stereocenters. The fraction of sp³-hybridized carbons (Fsp3) is 0.833. The SMILES string of the molecule is C[C@@H]1CN=CCC1(Br)Br. The molecule has 1 aliphatic heterocycles. The van der Waals surface area contributed by atoms with Crippen LogP contribution in [0.15, 0.2) is 4.99 Å². The lowest BCUT2D eigenvalue weighted by Gasteiger charge is -2.27. The van der Waals surface area contributed by atoms with E-state index in [1.165, 1.54) is 0 Å². The van der Waals surface area contributed by atoms with Crippen molar-refractivity contribution in [1.82, 2.24) is 0 Å². The van der Waals surface area contributed by atoms with Crippen LogP contribution in [0.5, 0.6) is 0 Å². The van der Waals surface area contributed by atoms with Gasteiger partial charge in [-0.15, -0.1) is 0 Å². The van der Waals surface area contributed by atoms with E-state index in [1.54, 1.807) is 0 Å². The molecule has 3 heteroatoms. The average Bonchev–Trinajstić information content (AvgIpc) is 1.77. The predicted octanol–water partition coefficient (Wildman–Crippen LogP) is 2.58. The molecule has 0 aromatic rings. The van der Waals surface area contributed by atoms with Crippen LogP contribution in [0.4, 0.5) is 0 Å². The van der Waals surface area contributed by atoms with Crippen molar-refractivity contribution < 1.29 is 0 Å². The van der Waals surface area contributed by atoms with Crippen molar-refractivity contribution in [1.29, 1.82) is 0 Å². The van der Waals surface area contributed by atoms with Crippen LogP contribution in [-0.4, -0.2) is 16.0 Å². The maximum atomic E-state index is 4.17. The molecule has 1 atom stereocenters. The van der Waals surface area contributed by atoms with Crippen LogP contribution in [0.3, 0.4) is 0 Å². The fourth-order valence-corrected chi connectivity index (χ4v) is 1.33. The summed E-state index contributed by atoms with van der Waals surface area (Å²) in [5.41, 5.74) is 0. The lowest BCUT2D eigenvalue weighted by Crippen LogP contribution is -2.28. The first-order valence-corrected chi connectivity index (χ1v) is 4.57. The Bertz CT molecular complexity index is 131. The molecular formula is C6H9Br2N. The Balaban J connectivity index is 2.64. The second-order valence-corrected chi connectivity index (χ2v) is 6.31. The summed E-state index contributed by atoms with van der Waals surface area (Å²) < 4.78 is 0.113. The summed E-state index contributed by atoms with van der Waals surface area (Å²) in [4.78, 5) is 4.17. The molecule has 9 heavy (non-hydrogen) atoms. The molecule has 1 rings (SSSR count). The van der Waals surface area contributed by atoms with Gasteiger partial charge in [0, 0.05) is 25.1 Å². The number of rotatable bonds is 0. The first kappa shape index (κ1) is 7.73. The van der Waals surface area contributed by atoms with Gasteiger partial charge in [0.15, 0.2) is 0 Å². The molecule has 0 spiro atoms. The van der Waals surface area contributed by atoms with Crippen molar-refractivity contribution in [3.8, 4) is 0 Å². The van der Waals surface area contributed by atoms with Crippen molar-refractivity contribution in [2.45, 2.75) is 16.6 Å². The van der Waals surface area contributed by atoms with Gasteiger partial charge in [0.05, 0.1) is 3.23 Å². The Morgan fingerprint density at radius 2 is 2.33 bits per heavy atom. The van der Waals surface area contributed by atoms with Gasteiger partial charge in [-0.05, 0) is 0 Å². The number of nitrogens with zero attached hydrogens (tertiary/aromatic N) is 1. The highest BCUT2D eigenvalue weighted by Crippen LogP contribution is 2.39. The van der Waals surface area contributed by atoms with E-state index >= 15 is 0 Å². The molecule has 0 aromatic carbocycles. The van der Waals surface area contributed by atoms with Gasteiger partial charge in [-0.1, -0.05) is 38.8 Å². The third kappa shape index (κ3) is 1.77. The minimum atomic E-state index is 0.113. The Labute approximate surface area is 72.2 Å². The Hall–Kier alpha value is 0.630. The van der Waals surface area contributed by atoms with Crippen molar-refractivity contribution in [3.05, 3.63) is 0 Å². The largest absolute Gasteiger partial charge is 0.297 e. The summed E-state index contributed by atoms with van der Waals surface area (Å²) >= 11 is 7.17. The van der Waals surface area contributed by atoms with Crippen LogP contribution >= 0.6 is 31.9 Å². The van der Waals surface area contributed by atoms with E-state index in [1.807, 2.05) is 6.21 Å². The predicted molar refractivity (Wildman–Crippen MR) is 47.7 cm³/mol. The zero-order valence-corrected chi connectivity index (χ0v) is 8.44. The molecule has 1 aliphatic rings. The smallest absolute Gasteiger partial charge is 0.0897 e. The minimum Gasteiger partial charge on any atom is -0.297 e. The van der Waals surface area contributed by atoms with E-state index in [2.05, 4.69) is 43.8 Å². The molecule has 0 saturated heterocycles. The number of alkyl halides is 2. The number of hydrogen-bond donors (Lipinski definition) is 0. The lowest BCUT2D eigenvalue weighted by atomic mass is 10.0. The van der Waals surface area contributed by atoms with Crippen LogP contribution in [0.25, 0.3) is 0 Å². The van der Waals surface area contributed by atoms with Crippen LogP contribution in [0.1, 0.15) is 13.3 Å². The summed E-state index contributed by atoms with van der Waals surface area (Å²) in [7, 11) is 0. The van der Waals surface area contributed by atoms with Crippen LogP contribution in [-0.2, 0) is 0 Å². The molecule has 1 heterocycles. The van der Waals surface area contributed by atoms with Gasteiger partial charge in [-0.25, -0.2) is 0 Å². The first-order valence-electron chi connectivity index (χ1n) is 2.99. The standard InChI is InChI=1S/C6H9Br2N/c1-5-4-9-3-2-6(5,7)8/h3,5H,2,4H2,1H3/t5-/m1/s1. The first-order chi connectivity index (χ1) is 4.13. The van der Waals surface area contributed by atoms with Gasteiger partial charge in [-0.3, -0.25) is 4.99 Å². The average molecular weight is 255 g/mol. The molecule has 0 fully saturated rings. The second-order valence-electron chi connectivity index (χ2n) is 2.41. The minimum absolute atomic E-state index is 0.113. The van der Waals surface area contributed by atoms with Crippen molar-refractivity contribution >= 4 is 38.1 Å². The van der Waals surface area contributed by atoms with E-state index < -0.39 is 0 Å². The highest BCUT2D eigenvalue weighted by Gasteiger charge is 2.30. The molecule has 0 bridgehead atoms. The molecular weight excluding hydrogens is 246 g/mol. The maximum Gasteiger partial charge on any atom is 0.0897 e. The number of hydrogen-bond acceptors (Lipinski definition) is 1. The van der Waals surface area contributed by atoms with Crippen molar-refractivity contribution in [3.63, 3.8) is 0 Å². The number of halogens is 2. The molecule has 0 saturated carbocycles. The fourth-order valence-electron chi connectivity index (χ4n) is 0.754. The summed E-state index contributed by atoms with van der Waals surface area (Å²) in [5.74, 6) is 0.586. The Kier molecular flexibility index (Phi) is 2.32. The molecule has 0 amide bonds. The molecule has 0 aromatic heterocycles. The van der Waals surface area contributed by atoms with Gasteiger partial charge in [-0.2, -0.15) is 0 Å². The molecule has 0 N–H and O–H groups in total. The van der Waals surface area contributed by atoms with Gasteiger partial charge in [0.2, 0.25) is 0 Å². The topological polar surface area (TPSA) is 12.4 Å². The van der Waals surface area contributed by atoms with E-state index in [9.17, 15) is 0 Å². The maximum absolute atomic E-state index is 4.17. The summed E-state index contributed by atoms with van der Waals surface area (Å²) in [6.07, 6.45) is 2.94. The van der Waals surface area contributed by atoms with E-state index in [0.717, 1.165) is 13.0 Å². The van der Waals surface area contributed by atoms with Crippen molar-refractivity contribution in [2.75, 3.05) is 6.54 Å². The third-order valence-corrected chi connectivity index (χ3v) is 3.80. The van der Waals surface area contributed by atoms with E-state index in [-0.39, 0.29) is 3.23 Å². The van der Waals surface area contributed by atoms with Gasteiger partial charge in [0.1, 0.15) is 0 Å². The van der Waals surface area contributed by atoms with E-state index in [0.29, 0.717) is 5.92 Å². The second kappa shape index (κ2) is 2.70. The van der Waals surface area contributed by atoms with Gasteiger partial charge in [0.25, 0.3) is 0 Å². The normalized spacial score (nSPS) is 32.6. The Morgan fingerprint density at radius 3 is 2.67 bits per heavy atom. The molecule has 0 radical (unpaired) electrons. The van der Waals surface area contributed by atoms with Crippen LogP contribution < -0.4 is 0 Å². The van der Waals surface area contributed by atoms with Gasteiger partial charge < -0.3 is 0 Å². The quantitative estimate of drug-likeness (QED) is 0.590. The van der Waals surface area contributed by atoms with Crippen LogP contribution in [0, 0.1) is 5.92 Å². The molecule has 1 nitrogen and oxygen atoms in total.